The van der Waals surface area contributed by atoms with Gasteiger partial charge in [-0.3, -0.25) is 4.99 Å². The predicted molar refractivity (Wildman–Crippen MR) is 60.2 cm³/mol. The number of thioether (sulfide) groups is 1. The van der Waals surface area contributed by atoms with Crippen molar-refractivity contribution in [1.29, 1.82) is 0 Å². The van der Waals surface area contributed by atoms with E-state index < -0.39 is 0 Å². The molecule has 0 radical (unpaired) electrons. The Bertz CT molecular complexity index is 318. The highest BCUT2D eigenvalue weighted by atomic mass is 35.5. The first kappa shape index (κ1) is 9.10. The molecule has 3 heteroatoms. The zero-order valence-corrected chi connectivity index (χ0v) is 8.74. The summed E-state index contributed by atoms with van der Waals surface area (Å²) in [6.07, 6.45) is 0. The van der Waals surface area contributed by atoms with Crippen LogP contribution in [0.25, 0.3) is 0 Å². The summed E-state index contributed by atoms with van der Waals surface area (Å²) in [6.45, 7) is 0.947. The Hall–Kier alpha value is -0.470. The van der Waals surface area contributed by atoms with Crippen LogP contribution in [-0.4, -0.2) is 23.8 Å². The van der Waals surface area contributed by atoms with Crippen molar-refractivity contribution >= 4 is 29.1 Å². The second-order valence-corrected chi connectivity index (χ2v) is 4.43. The van der Waals surface area contributed by atoms with Crippen LogP contribution in [0.1, 0.15) is 5.56 Å². The lowest BCUT2D eigenvalue weighted by atomic mass is 10.1. The molecule has 2 rings (SSSR count). The van der Waals surface area contributed by atoms with Crippen molar-refractivity contribution in [3.05, 3.63) is 34.9 Å². The molecule has 0 saturated heterocycles. The molecule has 1 aliphatic rings. The highest BCUT2D eigenvalue weighted by Gasteiger charge is 2.07. The minimum Gasteiger partial charge on any atom is -0.287 e. The topological polar surface area (TPSA) is 12.4 Å². The molecule has 0 aliphatic carbocycles. The molecule has 0 saturated carbocycles. The summed E-state index contributed by atoms with van der Waals surface area (Å²) < 4.78 is 0. The van der Waals surface area contributed by atoms with Crippen LogP contribution in [0.2, 0.25) is 5.02 Å². The van der Waals surface area contributed by atoms with Gasteiger partial charge in [0.05, 0.1) is 5.71 Å². The van der Waals surface area contributed by atoms with Gasteiger partial charge in [-0.1, -0.05) is 23.7 Å². The standard InChI is InChI=1S/C10H10ClNS/c11-9-3-1-8(2-4-9)10-7-13-6-5-12-10/h1-4H,5-7H2. The van der Waals surface area contributed by atoms with Crippen LogP contribution in [0.5, 0.6) is 0 Å². The minimum absolute atomic E-state index is 0.785. The van der Waals surface area contributed by atoms with Crippen LogP contribution in [0.4, 0.5) is 0 Å². The number of rotatable bonds is 1. The number of nitrogens with zero attached hydrogens (tertiary/aromatic N) is 1. The molecule has 0 spiro atoms. The third-order valence-electron chi connectivity index (χ3n) is 1.95. The maximum absolute atomic E-state index is 5.81. The molecular weight excluding hydrogens is 202 g/mol. The van der Waals surface area contributed by atoms with E-state index in [0.717, 1.165) is 23.1 Å². The SMILES string of the molecule is Clc1ccc(C2=NCCSC2)cc1. The first-order valence-electron chi connectivity index (χ1n) is 4.23. The summed E-state index contributed by atoms with van der Waals surface area (Å²) in [5.41, 5.74) is 2.41. The van der Waals surface area contributed by atoms with Crippen molar-refractivity contribution in [3.63, 3.8) is 0 Å². The van der Waals surface area contributed by atoms with Crippen LogP contribution in [-0.2, 0) is 0 Å². The molecule has 1 nitrogen and oxygen atoms in total. The van der Waals surface area contributed by atoms with Crippen molar-refractivity contribution < 1.29 is 0 Å². The van der Waals surface area contributed by atoms with E-state index in [-0.39, 0.29) is 0 Å². The van der Waals surface area contributed by atoms with Crippen molar-refractivity contribution in [3.8, 4) is 0 Å². The maximum Gasteiger partial charge on any atom is 0.0519 e. The van der Waals surface area contributed by atoms with Crippen molar-refractivity contribution in [1.82, 2.24) is 0 Å². The fourth-order valence-corrected chi connectivity index (χ4v) is 2.22. The molecule has 1 aliphatic heterocycles. The van der Waals surface area contributed by atoms with Crippen molar-refractivity contribution in [2.45, 2.75) is 0 Å². The fraction of sp³-hybridized carbons (Fsp3) is 0.300. The van der Waals surface area contributed by atoms with Gasteiger partial charge in [0, 0.05) is 23.1 Å². The third-order valence-corrected chi connectivity index (χ3v) is 3.16. The number of hydrogen-bond donors (Lipinski definition) is 0. The zero-order chi connectivity index (χ0) is 9.10. The van der Waals surface area contributed by atoms with E-state index in [0.29, 0.717) is 0 Å². The molecular formula is C10H10ClNS. The number of halogens is 1. The Morgan fingerprint density at radius 1 is 1.23 bits per heavy atom. The average Bonchev–Trinajstić information content (AvgIpc) is 2.20. The second kappa shape index (κ2) is 4.16. The third kappa shape index (κ3) is 2.26. The lowest BCUT2D eigenvalue weighted by Gasteiger charge is -2.11. The Morgan fingerprint density at radius 2 is 2.00 bits per heavy atom. The van der Waals surface area contributed by atoms with E-state index in [1.54, 1.807) is 0 Å². The molecule has 0 unspecified atom stereocenters. The molecule has 13 heavy (non-hydrogen) atoms. The van der Waals surface area contributed by atoms with Crippen LogP contribution in [0.3, 0.4) is 0 Å². The van der Waals surface area contributed by atoms with Crippen LogP contribution in [0.15, 0.2) is 29.3 Å². The Kier molecular flexibility index (Phi) is 2.91. The average molecular weight is 212 g/mol. The van der Waals surface area contributed by atoms with Crippen LogP contribution in [0, 0.1) is 0 Å². The van der Waals surface area contributed by atoms with Gasteiger partial charge in [-0.05, 0) is 17.7 Å². The van der Waals surface area contributed by atoms with Gasteiger partial charge in [0.2, 0.25) is 0 Å². The van der Waals surface area contributed by atoms with Crippen LogP contribution >= 0.6 is 23.4 Å². The highest BCUT2D eigenvalue weighted by Crippen LogP contribution is 2.15. The van der Waals surface area contributed by atoms with Gasteiger partial charge in [0.1, 0.15) is 0 Å². The van der Waals surface area contributed by atoms with E-state index >= 15 is 0 Å². The zero-order valence-electron chi connectivity index (χ0n) is 7.16. The quantitative estimate of drug-likeness (QED) is 0.696. The van der Waals surface area contributed by atoms with Gasteiger partial charge >= 0.3 is 0 Å². The molecule has 1 aromatic rings. The minimum atomic E-state index is 0.785. The molecule has 0 amide bonds. The van der Waals surface area contributed by atoms with Gasteiger partial charge in [-0.25, -0.2) is 0 Å². The van der Waals surface area contributed by atoms with E-state index in [4.69, 9.17) is 11.6 Å². The lowest BCUT2D eigenvalue weighted by molar-refractivity contribution is 1.13. The number of hydrogen-bond acceptors (Lipinski definition) is 2. The molecule has 1 heterocycles. The highest BCUT2D eigenvalue weighted by molar-refractivity contribution is 8.00. The van der Waals surface area contributed by atoms with Crippen LogP contribution < -0.4 is 0 Å². The lowest BCUT2D eigenvalue weighted by Crippen LogP contribution is -2.11. The maximum atomic E-state index is 5.81. The summed E-state index contributed by atoms with van der Waals surface area (Å²) in [7, 11) is 0. The predicted octanol–water partition coefficient (Wildman–Crippen LogP) is 2.88. The number of benzene rings is 1. The molecule has 1 aromatic carbocycles. The number of aliphatic imine (C=N–C) groups is 1. The smallest absolute Gasteiger partial charge is 0.0519 e. The van der Waals surface area contributed by atoms with E-state index in [1.807, 2.05) is 36.0 Å². The van der Waals surface area contributed by atoms with Gasteiger partial charge in [-0.2, -0.15) is 11.8 Å². The summed E-state index contributed by atoms with van der Waals surface area (Å²) in [6, 6.07) is 7.90. The summed E-state index contributed by atoms with van der Waals surface area (Å²) >= 11 is 7.74. The Morgan fingerprint density at radius 3 is 2.62 bits per heavy atom. The van der Waals surface area contributed by atoms with Gasteiger partial charge in [-0.15, -0.1) is 0 Å². The monoisotopic (exact) mass is 211 g/mol. The molecule has 68 valence electrons. The summed E-state index contributed by atoms with van der Waals surface area (Å²) in [4.78, 5) is 4.48. The van der Waals surface area contributed by atoms with Gasteiger partial charge < -0.3 is 0 Å². The molecule has 0 atom stereocenters. The van der Waals surface area contributed by atoms with Crippen molar-refractivity contribution in [2.75, 3.05) is 18.1 Å². The summed E-state index contributed by atoms with van der Waals surface area (Å²) in [5, 5.41) is 0.785. The largest absolute Gasteiger partial charge is 0.287 e. The van der Waals surface area contributed by atoms with E-state index in [2.05, 4.69) is 4.99 Å². The normalized spacial score (nSPS) is 16.8. The van der Waals surface area contributed by atoms with E-state index in [1.165, 1.54) is 11.3 Å². The Balaban J connectivity index is 2.24. The van der Waals surface area contributed by atoms with E-state index in [9.17, 15) is 0 Å². The Labute approximate surface area is 87.2 Å². The molecule has 0 N–H and O–H groups in total. The fourth-order valence-electron chi connectivity index (χ4n) is 1.28. The van der Waals surface area contributed by atoms with Gasteiger partial charge in [0.25, 0.3) is 0 Å². The van der Waals surface area contributed by atoms with Crippen molar-refractivity contribution in [2.24, 2.45) is 4.99 Å². The molecule has 0 aromatic heterocycles. The molecule has 0 bridgehead atoms. The van der Waals surface area contributed by atoms with Gasteiger partial charge in [0.15, 0.2) is 0 Å². The first-order valence-corrected chi connectivity index (χ1v) is 5.76. The summed E-state index contributed by atoms with van der Waals surface area (Å²) in [5.74, 6) is 2.18. The molecule has 0 fully saturated rings. The second-order valence-electron chi connectivity index (χ2n) is 2.89. The first-order chi connectivity index (χ1) is 6.36.